The highest BCUT2D eigenvalue weighted by Gasteiger charge is 2.33. The fraction of sp³-hybridized carbons (Fsp3) is 0.476. The Balaban J connectivity index is 1.65. The summed E-state index contributed by atoms with van der Waals surface area (Å²) < 4.78 is 12.8. The fourth-order valence-electron chi connectivity index (χ4n) is 3.62. The zero-order valence-electron chi connectivity index (χ0n) is 17.1. The van der Waals surface area contributed by atoms with Gasteiger partial charge in [0.2, 0.25) is 5.91 Å². The molecule has 2 aromatic rings. The van der Waals surface area contributed by atoms with Crippen LogP contribution in [0.4, 0.5) is 5.69 Å². The van der Waals surface area contributed by atoms with Crippen molar-refractivity contribution in [3.8, 4) is 5.69 Å². The summed E-state index contributed by atoms with van der Waals surface area (Å²) in [5.74, 6) is -0.492. The highest BCUT2D eigenvalue weighted by Crippen LogP contribution is 2.33. The number of hydrogen-bond donors (Lipinski definition) is 0. The van der Waals surface area contributed by atoms with Gasteiger partial charge in [0, 0.05) is 13.1 Å². The van der Waals surface area contributed by atoms with Gasteiger partial charge in [-0.05, 0) is 32.9 Å². The molecule has 0 bridgehead atoms. The van der Waals surface area contributed by atoms with Crippen LogP contribution in [0.3, 0.4) is 0 Å². The Morgan fingerprint density at radius 1 is 1.14 bits per heavy atom. The van der Waals surface area contributed by atoms with Crippen molar-refractivity contribution in [2.75, 3.05) is 37.7 Å². The zero-order valence-corrected chi connectivity index (χ0v) is 17.1. The summed E-state index contributed by atoms with van der Waals surface area (Å²) >= 11 is 0. The molecule has 154 valence electrons. The first-order chi connectivity index (χ1) is 13.8. The molecule has 0 aliphatic carbocycles. The number of carbonyl (C=O) groups excluding carboxylic acids is 2. The average Bonchev–Trinajstić information content (AvgIpc) is 3.11. The summed E-state index contributed by atoms with van der Waals surface area (Å²) in [6, 6.07) is 7.66. The van der Waals surface area contributed by atoms with Crippen molar-refractivity contribution in [3.63, 3.8) is 0 Å². The van der Waals surface area contributed by atoms with E-state index in [0.717, 1.165) is 24.5 Å². The van der Waals surface area contributed by atoms with Gasteiger partial charge < -0.3 is 14.4 Å². The molecule has 1 saturated heterocycles. The largest absolute Gasteiger partial charge is 0.455 e. The van der Waals surface area contributed by atoms with E-state index in [-0.39, 0.29) is 18.1 Å². The molecule has 0 saturated carbocycles. The number of nitrogens with zero attached hydrogens (tertiary/aromatic N) is 4. The molecular weight excluding hydrogens is 372 g/mol. The van der Waals surface area contributed by atoms with Crippen LogP contribution in [0, 0.1) is 0 Å². The van der Waals surface area contributed by atoms with Crippen molar-refractivity contribution in [1.82, 2.24) is 14.5 Å². The Hall–Kier alpha value is -2.71. The lowest BCUT2D eigenvalue weighted by atomic mass is 10.1. The standard InChI is InChI=1S/C21H26N4O4/c1-21(2,3)29-20(27)19-17-12-24(18(26)13-23-8-10-28-11-9-23)15-6-4-5-7-16(15)25(17)14-22-19/h4-7,14H,8-13H2,1-3H3. The van der Waals surface area contributed by atoms with E-state index < -0.39 is 11.6 Å². The molecule has 4 rings (SSSR count). The number of ether oxygens (including phenoxy) is 2. The number of amides is 1. The van der Waals surface area contributed by atoms with E-state index in [1.165, 1.54) is 0 Å². The van der Waals surface area contributed by atoms with Crippen LogP contribution in [0.2, 0.25) is 0 Å². The van der Waals surface area contributed by atoms with E-state index in [0.29, 0.717) is 25.5 Å². The quantitative estimate of drug-likeness (QED) is 0.736. The van der Waals surface area contributed by atoms with Crippen molar-refractivity contribution in [1.29, 1.82) is 0 Å². The number of esters is 1. The third-order valence-electron chi connectivity index (χ3n) is 4.96. The van der Waals surface area contributed by atoms with Crippen molar-refractivity contribution < 1.29 is 19.1 Å². The number of benzene rings is 1. The van der Waals surface area contributed by atoms with Gasteiger partial charge in [0.05, 0.1) is 43.4 Å². The van der Waals surface area contributed by atoms with Gasteiger partial charge in [0.25, 0.3) is 0 Å². The Morgan fingerprint density at radius 2 is 1.83 bits per heavy atom. The first-order valence-electron chi connectivity index (χ1n) is 9.83. The summed E-state index contributed by atoms with van der Waals surface area (Å²) in [6.45, 7) is 8.80. The molecule has 0 atom stereocenters. The number of anilines is 1. The average molecular weight is 398 g/mol. The molecule has 0 unspecified atom stereocenters. The molecule has 1 amide bonds. The van der Waals surface area contributed by atoms with E-state index in [1.807, 2.05) is 49.6 Å². The van der Waals surface area contributed by atoms with Crippen molar-refractivity contribution in [2.24, 2.45) is 0 Å². The van der Waals surface area contributed by atoms with Gasteiger partial charge in [0.1, 0.15) is 11.9 Å². The first-order valence-corrected chi connectivity index (χ1v) is 9.83. The van der Waals surface area contributed by atoms with Gasteiger partial charge in [-0.1, -0.05) is 12.1 Å². The third-order valence-corrected chi connectivity index (χ3v) is 4.96. The topological polar surface area (TPSA) is 76.9 Å². The van der Waals surface area contributed by atoms with Crippen LogP contribution in [0.25, 0.3) is 5.69 Å². The van der Waals surface area contributed by atoms with Crippen LogP contribution in [-0.4, -0.2) is 64.8 Å². The minimum atomic E-state index is -0.619. The number of para-hydroxylation sites is 2. The Labute approximate surface area is 170 Å². The second-order valence-corrected chi connectivity index (χ2v) is 8.27. The number of aromatic nitrogens is 2. The number of carbonyl (C=O) groups is 2. The second-order valence-electron chi connectivity index (χ2n) is 8.27. The molecule has 8 nitrogen and oxygen atoms in total. The van der Waals surface area contributed by atoms with Gasteiger partial charge in [-0.2, -0.15) is 0 Å². The van der Waals surface area contributed by atoms with Crippen molar-refractivity contribution >= 4 is 17.6 Å². The van der Waals surface area contributed by atoms with Crippen LogP contribution in [0.15, 0.2) is 30.6 Å². The van der Waals surface area contributed by atoms with E-state index in [1.54, 1.807) is 11.2 Å². The number of rotatable bonds is 3. The molecule has 2 aliphatic rings. The SMILES string of the molecule is CC(C)(C)OC(=O)c1ncn2c1CN(C(=O)CN1CCOCC1)c1ccccc1-2. The molecule has 1 fully saturated rings. The van der Waals surface area contributed by atoms with E-state index in [2.05, 4.69) is 9.88 Å². The van der Waals surface area contributed by atoms with Gasteiger partial charge in [-0.25, -0.2) is 9.78 Å². The van der Waals surface area contributed by atoms with Crippen LogP contribution < -0.4 is 4.90 Å². The Kier molecular flexibility index (Phi) is 5.14. The lowest BCUT2D eigenvalue weighted by molar-refractivity contribution is -0.121. The zero-order chi connectivity index (χ0) is 20.6. The smallest absolute Gasteiger partial charge is 0.359 e. The van der Waals surface area contributed by atoms with E-state index in [4.69, 9.17) is 9.47 Å². The monoisotopic (exact) mass is 398 g/mol. The maximum absolute atomic E-state index is 13.2. The van der Waals surface area contributed by atoms with Gasteiger partial charge in [0.15, 0.2) is 5.69 Å². The van der Waals surface area contributed by atoms with E-state index in [9.17, 15) is 9.59 Å². The predicted molar refractivity (Wildman–Crippen MR) is 107 cm³/mol. The normalized spacial score (nSPS) is 16.9. The Morgan fingerprint density at radius 3 is 2.52 bits per heavy atom. The third kappa shape index (κ3) is 4.04. The number of imidazole rings is 1. The molecule has 0 radical (unpaired) electrons. The Bertz CT molecular complexity index is 925. The van der Waals surface area contributed by atoms with Gasteiger partial charge in [-0.15, -0.1) is 0 Å². The predicted octanol–water partition coefficient (Wildman–Crippen LogP) is 2.01. The highest BCUT2D eigenvalue weighted by atomic mass is 16.6. The number of hydrogen-bond acceptors (Lipinski definition) is 6. The molecule has 0 spiro atoms. The second kappa shape index (κ2) is 7.61. The number of morpholine rings is 1. The minimum Gasteiger partial charge on any atom is -0.455 e. The van der Waals surface area contributed by atoms with Crippen LogP contribution >= 0.6 is 0 Å². The molecular formula is C21H26N4O4. The van der Waals surface area contributed by atoms with Crippen LogP contribution in [0.5, 0.6) is 0 Å². The molecule has 29 heavy (non-hydrogen) atoms. The van der Waals surface area contributed by atoms with Crippen LogP contribution in [-0.2, 0) is 20.8 Å². The van der Waals surface area contributed by atoms with Gasteiger partial charge in [-0.3, -0.25) is 14.3 Å². The maximum atomic E-state index is 13.2. The van der Waals surface area contributed by atoms with Crippen molar-refractivity contribution in [2.45, 2.75) is 32.9 Å². The summed E-state index contributed by atoms with van der Waals surface area (Å²) in [6.07, 6.45) is 1.62. The van der Waals surface area contributed by atoms with Crippen LogP contribution in [0.1, 0.15) is 37.0 Å². The molecule has 1 aromatic heterocycles. The molecule has 0 N–H and O–H groups in total. The first kappa shape index (κ1) is 19.6. The maximum Gasteiger partial charge on any atom is 0.359 e. The fourth-order valence-corrected chi connectivity index (χ4v) is 3.62. The lowest BCUT2D eigenvalue weighted by Gasteiger charge is -2.33. The summed E-state index contributed by atoms with van der Waals surface area (Å²) in [4.78, 5) is 34.0. The van der Waals surface area contributed by atoms with E-state index >= 15 is 0 Å². The molecule has 2 aliphatic heterocycles. The van der Waals surface area contributed by atoms with Crippen molar-refractivity contribution in [3.05, 3.63) is 42.0 Å². The highest BCUT2D eigenvalue weighted by molar-refractivity contribution is 5.98. The lowest BCUT2D eigenvalue weighted by Crippen LogP contribution is -2.46. The number of fused-ring (bicyclic) bond motifs is 3. The summed E-state index contributed by atoms with van der Waals surface area (Å²) in [5.41, 5.74) is 1.93. The van der Waals surface area contributed by atoms with Gasteiger partial charge >= 0.3 is 5.97 Å². The molecule has 1 aromatic carbocycles. The summed E-state index contributed by atoms with van der Waals surface area (Å²) in [7, 11) is 0. The summed E-state index contributed by atoms with van der Waals surface area (Å²) in [5, 5.41) is 0. The molecule has 3 heterocycles. The molecule has 8 heteroatoms. The minimum absolute atomic E-state index is 0.0121.